The van der Waals surface area contributed by atoms with Crippen LogP contribution in [0.2, 0.25) is 0 Å². The van der Waals surface area contributed by atoms with E-state index in [-0.39, 0.29) is 0 Å². The summed E-state index contributed by atoms with van der Waals surface area (Å²) in [5.74, 6) is 0. The van der Waals surface area contributed by atoms with E-state index in [0.717, 1.165) is 32.6 Å². The van der Waals surface area contributed by atoms with Crippen LogP contribution in [0.4, 0.5) is 0 Å². The fourth-order valence-corrected chi connectivity index (χ4v) is 3.51. The summed E-state index contributed by atoms with van der Waals surface area (Å²) in [4.78, 5) is 3.18. The lowest BCUT2D eigenvalue weighted by atomic mass is 10.1. The van der Waals surface area contributed by atoms with Crippen LogP contribution in [0.25, 0.3) is 43.1 Å². The van der Waals surface area contributed by atoms with E-state index in [9.17, 15) is 5.26 Å². The Morgan fingerprint density at radius 1 is 1.00 bits per heavy atom. The number of hydrogen-bond donors (Lipinski definition) is 0. The third kappa shape index (κ3) is 2.68. The Kier molecular flexibility index (Phi) is 4.05. The molecule has 4 aromatic rings. The molecule has 0 saturated heterocycles. The molecule has 0 unspecified atom stereocenters. The van der Waals surface area contributed by atoms with Crippen LogP contribution in [0, 0.1) is 17.9 Å². The molecule has 0 aliphatic rings. The highest BCUT2D eigenvalue weighted by molar-refractivity contribution is 6.19. The summed E-state index contributed by atoms with van der Waals surface area (Å²) in [7, 11) is 0. The predicted molar refractivity (Wildman–Crippen MR) is 112 cm³/mol. The van der Waals surface area contributed by atoms with Crippen LogP contribution in [-0.4, -0.2) is 4.57 Å². The minimum absolute atomic E-state index is 0.391. The van der Waals surface area contributed by atoms with Crippen molar-refractivity contribution in [3.63, 3.8) is 0 Å². The van der Waals surface area contributed by atoms with E-state index in [2.05, 4.69) is 58.5 Å². The predicted octanol–water partition coefficient (Wildman–Crippen LogP) is 6.30. The van der Waals surface area contributed by atoms with Crippen LogP contribution in [0.3, 0.4) is 0 Å². The molecule has 126 valence electrons. The highest BCUT2D eigenvalue weighted by Gasteiger charge is 2.14. The van der Waals surface area contributed by atoms with E-state index in [0.29, 0.717) is 11.3 Å². The molecule has 0 aliphatic heterocycles. The van der Waals surface area contributed by atoms with Crippen LogP contribution in [0.5, 0.6) is 0 Å². The number of benzene rings is 3. The van der Waals surface area contributed by atoms with Gasteiger partial charge in [-0.25, -0.2) is 4.85 Å². The summed E-state index contributed by atoms with van der Waals surface area (Å²) in [5, 5.41) is 14.0. The fourth-order valence-electron chi connectivity index (χ4n) is 3.51. The number of fused-ring (bicyclic) bond motifs is 5. The Morgan fingerprint density at radius 3 is 2.52 bits per heavy atom. The van der Waals surface area contributed by atoms with Crippen LogP contribution in [0.1, 0.15) is 0 Å². The van der Waals surface area contributed by atoms with Gasteiger partial charge >= 0.3 is 0 Å². The normalized spacial score (nSPS) is 11.9. The lowest BCUT2D eigenvalue weighted by Crippen LogP contribution is -1.94. The number of rotatable bonds is 3. The quantitative estimate of drug-likeness (QED) is 0.244. The molecule has 0 amide bonds. The molecule has 0 N–H and O–H groups in total. The van der Waals surface area contributed by atoms with Crippen molar-refractivity contribution in [2.24, 2.45) is 0 Å². The topological polar surface area (TPSA) is 33.1 Å². The first kappa shape index (κ1) is 16.4. The van der Waals surface area contributed by atoms with Gasteiger partial charge in [0.2, 0.25) is 0 Å². The van der Waals surface area contributed by atoms with Crippen molar-refractivity contribution in [2.45, 2.75) is 0 Å². The van der Waals surface area contributed by atoms with Crippen molar-refractivity contribution in [3.8, 4) is 6.07 Å². The molecule has 4 rings (SSSR count). The first-order valence-electron chi connectivity index (χ1n) is 8.49. The second kappa shape index (κ2) is 6.67. The van der Waals surface area contributed by atoms with Crippen LogP contribution in [0.15, 0.2) is 91.2 Å². The summed E-state index contributed by atoms with van der Waals surface area (Å²) >= 11 is 0. The van der Waals surface area contributed by atoms with Crippen molar-refractivity contribution >= 4 is 38.3 Å². The summed E-state index contributed by atoms with van der Waals surface area (Å²) in [5.41, 5.74) is 3.18. The van der Waals surface area contributed by atoms with E-state index in [1.54, 1.807) is 6.08 Å². The molecule has 0 aliphatic carbocycles. The number of nitriles is 1. The second-order valence-electron chi connectivity index (χ2n) is 6.18. The molecular weight excluding hydrogens is 330 g/mol. The molecule has 1 heterocycles. The van der Waals surface area contributed by atoms with Gasteiger partial charge in [-0.15, -0.1) is 0 Å². The van der Waals surface area contributed by atoms with Crippen LogP contribution in [-0.2, 0) is 0 Å². The van der Waals surface area contributed by atoms with Gasteiger partial charge in [-0.1, -0.05) is 61.2 Å². The second-order valence-corrected chi connectivity index (χ2v) is 6.18. The average molecular weight is 345 g/mol. The lowest BCUT2D eigenvalue weighted by Gasteiger charge is -2.10. The Morgan fingerprint density at radius 2 is 1.74 bits per heavy atom. The van der Waals surface area contributed by atoms with Gasteiger partial charge in [0.25, 0.3) is 0 Å². The van der Waals surface area contributed by atoms with Crippen LogP contribution < -0.4 is 0 Å². The van der Waals surface area contributed by atoms with Gasteiger partial charge in [0.05, 0.1) is 23.7 Å². The Hall–Kier alpha value is -4.08. The third-order valence-corrected chi connectivity index (χ3v) is 4.63. The minimum Gasteiger partial charge on any atom is -0.309 e. The first-order valence-corrected chi connectivity index (χ1v) is 8.49. The highest BCUT2D eigenvalue weighted by Crippen LogP contribution is 2.36. The molecule has 0 atom stereocenters. The molecule has 0 spiro atoms. The summed E-state index contributed by atoms with van der Waals surface area (Å²) in [6.07, 6.45) is 4.50. The molecule has 3 aromatic carbocycles. The van der Waals surface area contributed by atoms with Crippen LogP contribution >= 0.6 is 0 Å². The molecular formula is C24H15N3. The van der Waals surface area contributed by atoms with Gasteiger partial charge in [0.1, 0.15) is 0 Å². The third-order valence-electron chi connectivity index (χ3n) is 4.63. The SMILES string of the molecule is [C-]#[N+]/C=C/C(C#N)=C\C(=C)n1c2ccccc2c2ccc3ccccc3c21. The summed E-state index contributed by atoms with van der Waals surface area (Å²) < 4.78 is 2.09. The molecule has 1 aromatic heterocycles. The van der Waals surface area contributed by atoms with Crippen molar-refractivity contribution in [1.29, 1.82) is 5.26 Å². The van der Waals surface area contributed by atoms with E-state index < -0.39 is 0 Å². The van der Waals surface area contributed by atoms with Crippen molar-refractivity contribution < 1.29 is 0 Å². The zero-order valence-electron chi connectivity index (χ0n) is 14.6. The number of nitrogens with zero attached hydrogens (tertiary/aromatic N) is 3. The van der Waals surface area contributed by atoms with Gasteiger partial charge < -0.3 is 4.57 Å². The number of allylic oxidation sites excluding steroid dienone is 4. The molecule has 27 heavy (non-hydrogen) atoms. The highest BCUT2D eigenvalue weighted by atomic mass is 15.0. The zero-order chi connectivity index (χ0) is 18.8. The maximum Gasteiger partial charge on any atom is 0.155 e. The Bertz CT molecular complexity index is 1350. The van der Waals surface area contributed by atoms with Gasteiger partial charge in [-0.3, -0.25) is 0 Å². The van der Waals surface area contributed by atoms with Gasteiger partial charge in [-0.2, -0.15) is 5.26 Å². The standard InChI is InChI=1S/C24H15N3/c1-17(15-18(16-25)13-14-26-2)27-23-10-6-5-9-21(23)22-12-11-19-7-3-4-8-20(19)24(22)27/h3-15H,1H2/b14-13+,18-15+. The molecule has 0 fully saturated rings. The molecule has 0 radical (unpaired) electrons. The average Bonchev–Trinajstić information content (AvgIpc) is 3.06. The maximum atomic E-state index is 9.37. The van der Waals surface area contributed by atoms with Crippen molar-refractivity contribution in [1.82, 2.24) is 4.57 Å². The smallest absolute Gasteiger partial charge is 0.155 e. The Labute approximate surface area is 157 Å². The van der Waals surface area contributed by atoms with E-state index in [4.69, 9.17) is 6.57 Å². The molecule has 3 heteroatoms. The molecule has 0 saturated carbocycles. The minimum atomic E-state index is 0.391. The zero-order valence-corrected chi connectivity index (χ0v) is 14.6. The lowest BCUT2D eigenvalue weighted by molar-refractivity contribution is 1.25. The fraction of sp³-hybridized carbons (Fsp3) is 0. The van der Waals surface area contributed by atoms with E-state index in [1.165, 1.54) is 12.3 Å². The van der Waals surface area contributed by atoms with Crippen molar-refractivity contribution in [2.75, 3.05) is 0 Å². The number of hydrogen-bond acceptors (Lipinski definition) is 1. The Balaban J connectivity index is 2.09. The monoisotopic (exact) mass is 345 g/mol. The first-order chi connectivity index (χ1) is 13.2. The molecule has 0 bridgehead atoms. The van der Waals surface area contributed by atoms with Gasteiger partial charge in [0, 0.05) is 27.4 Å². The van der Waals surface area contributed by atoms with Gasteiger partial charge in [0.15, 0.2) is 6.20 Å². The molecule has 3 nitrogen and oxygen atoms in total. The summed E-state index contributed by atoms with van der Waals surface area (Å²) in [6, 6.07) is 22.8. The summed E-state index contributed by atoms with van der Waals surface area (Å²) in [6.45, 7) is 11.1. The number of aromatic nitrogens is 1. The van der Waals surface area contributed by atoms with Gasteiger partial charge in [-0.05, 0) is 23.6 Å². The van der Waals surface area contributed by atoms with E-state index >= 15 is 0 Å². The van der Waals surface area contributed by atoms with E-state index in [1.807, 2.05) is 24.3 Å². The van der Waals surface area contributed by atoms with Crippen molar-refractivity contribution in [3.05, 3.63) is 103 Å². The largest absolute Gasteiger partial charge is 0.309 e. The number of para-hydroxylation sites is 1. The maximum absolute atomic E-state index is 9.37.